The first kappa shape index (κ1) is 26.9. The van der Waals surface area contributed by atoms with Crippen molar-refractivity contribution in [3.05, 3.63) is 0 Å². The van der Waals surface area contributed by atoms with E-state index in [9.17, 15) is 9.59 Å². The SMILES string of the molecule is CCCCCC(=O)NCCCNC(=O)CCCCN(C)CCCN1CCN(C)CC1. The number of carbonyl (C=O) groups is 2. The number of hydrogen-bond donors (Lipinski definition) is 2. The van der Waals surface area contributed by atoms with E-state index >= 15 is 0 Å². The predicted octanol–water partition coefficient (Wildman–Crippen LogP) is 1.93. The van der Waals surface area contributed by atoms with Crippen LogP contribution >= 0.6 is 0 Å². The van der Waals surface area contributed by atoms with E-state index in [4.69, 9.17) is 0 Å². The average Bonchev–Trinajstić information content (AvgIpc) is 2.72. The van der Waals surface area contributed by atoms with Crippen molar-refractivity contribution in [1.82, 2.24) is 25.3 Å². The molecule has 0 aliphatic carbocycles. The Morgan fingerprint density at radius 1 is 0.800 bits per heavy atom. The van der Waals surface area contributed by atoms with Gasteiger partial charge >= 0.3 is 0 Å². The van der Waals surface area contributed by atoms with Crippen LogP contribution in [-0.4, -0.2) is 99.5 Å². The van der Waals surface area contributed by atoms with Gasteiger partial charge in [0.25, 0.3) is 0 Å². The number of nitrogens with one attached hydrogen (secondary N) is 2. The molecule has 0 aromatic carbocycles. The zero-order valence-electron chi connectivity index (χ0n) is 19.9. The van der Waals surface area contributed by atoms with Gasteiger partial charge in [-0.25, -0.2) is 0 Å². The summed E-state index contributed by atoms with van der Waals surface area (Å²) < 4.78 is 0. The molecule has 30 heavy (non-hydrogen) atoms. The summed E-state index contributed by atoms with van der Waals surface area (Å²) in [5.41, 5.74) is 0. The van der Waals surface area contributed by atoms with Gasteiger partial charge in [0.2, 0.25) is 11.8 Å². The van der Waals surface area contributed by atoms with Crippen LogP contribution in [0.2, 0.25) is 0 Å². The zero-order valence-corrected chi connectivity index (χ0v) is 19.9. The molecule has 0 spiro atoms. The number of piperazine rings is 1. The van der Waals surface area contributed by atoms with E-state index in [0.29, 0.717) is 25.9 Å². The summed E-state index contributed by atoms with van der Waals surface area (Å²) in [4.78, 5) is 30.9. The van der Waals surface area contributed by atoms with Crippen LogP contribution in [0.25, 0.3) is 0 Å². The molecule has 1 heterocycles. The zero-order chi connectivity index (χ0) is 22.0. The molecule has 176 valence electrons. The molecule has 0 bridgehead atoms. The number of likely N-dealkylation sites (N-methyl/N-ethyl adjacent to an activating group) is 1. The van der Waals surface area contributed by atoms with Gasteiger partial charge in [-0.15, -0.1) is 0 Å². The minimum absolute atomic E-state index is 0.127. The predicted molar refractivity (Wildman–Crippen MR) is 125 cm³/mol. The summed E-state index contributed by atoms with van der Waals surface area (Å²) in [6, 6.07) is 0. The Bertz CT molecular complexity index is 453. The van der Waals surface area contributed by atoms with Gasteiger partial charge in [-0.3, -0.25) is 9.59 Å². The molecule has 0 saturated carbocycles. The Labute approximate surface area is 184 Å². The van der Waals surface area contributed by atoms with Gasteiger partial charge in [0.05, 0.1) is 0 Å². The molecule has 1 aliphatic rings. The molecule has 0 atom stereocenters. The fourth-order valence-electron chi connectivity index (χ4n) is 3.67. The summed E-state index contributed by atoms with van der Waals surface area (Å²) >= 11 is 0. The van der Waals surface area contributed by atoms with E-state index in [0.717, 1.165) is 51.6 Å². The smallest absolute Gasteiger partial charge is 0.219 e. The Morgan fingerprint density at radius 3 is 1.97 bits per heavy atom. The number of amides is 2. The monoisotopic (exact) mass is 425 g/mol. The van der Waals surface area contributed by atoms with Crippen molar-refractivity contribution in [3.63, 3.8) is 0 Å². The van der Waals surface area contributed by atoms with E-state index in [1.165, 1.54) is 39.1 Å². The quantitative estimate of drug-likeness (QED) is 0.349. The van der Waals surface area contributed by atoms with E-state index in [2.05, 4.69) is 46.4 Å². The molecule has 0 radical (unpaired) electrons. The van der Waals surface area contributed by atoms with Crippen molar-refractivity contribution in [3.8, 4) is 0 Å². The fraction of sp³-hybridized carbons (Fsp3) is 0.913. The fourth-order valence-corrected chi connectivity index (χ4v) is 3.67. The highest BCUT2D eigenvalue weighted by Crippen LogP contribution is 2.02. The molecular formula is C23H47N5O2. The topological polar surface area (TPSA) is 67.9 Å². The van der Waals surface area contributed by atoms with Crippen LogP contribution in [-0.2, 0) is 9.59 Å². The van der Waals surface area contributed by atoms with Crippen LogP contribution in [0.1, 0.15) is 64.7 Å². The van der Waals surface area contributed by atoms with Crippen LogP contribution in [0, 0.1) is 0 Å². The molecule has 2 N–H and O–H groups in total. The molecule has 2 amide bonds. The van der Waals surface area contributed by atoms with Gasteiger partial charge in [-0.05, 0) is 65.8 Å². The average molecular weight is 426 g/mol. The molecule has 7 nitrogen and oxygen atoms in total. The van der Waals surface area contributed by atoms with Crippen molar-refractivity contribution < 1.29 is 9.59 Å². The highest BCUT2D eigenvalue weighted by atomic mass is 16.2. The minimum atomic E-state index is 0.127. The van der Waals surface area contributed by atoms with Crippen LogP contribution < -0.4 is 10.6 Å². The van der Waals surface area contributed by atoms with Crippen molar-refractivity contribution in [2.24, 2.45) is 0 Å². The van der Waals surface area contributed by atoms with Crippen LogP contribution in [0.3, 0.4) is 0 Å². The van der Waals surface area contributed by atoms with Gasteiger partial charge in [0, 0.05) is 52.1 Å². The third-order valence-electron chi connectivity index (χ3n) is 5.81. The highest BCUT2D eigenvalue weighted by molar-refractivity contribution is 5.76. The second kappa shape index (κ2) is 17.5. The van der Waals surface area contributed by atoms with Crippen molar-refractivity contribution in [1.29, 1.82) is 0 Å². The number of hydrogen-bond acceptors (Lipinski definition) is 5. The highest BCUT2D eigenvalue weighted by Gasteiger charge is 2.13. The lowest BCUT2D eigenvalue weighted by molar-refractivity contribution is -0.121. The lowest BCUT2D eigenvalue weighted by atomic mass is 10.2. The molecule has 7 heteroatoms. The van der Waals surface area contributed by atoms with Gasteiger partial charge < -0.3 is 25.3 Å². The third kappa shape index (κ3) is 14.7. The summed E-state index contributed by atoms with van der Waals surface area (Å²) in [5.74, 6) is 0.254. The molecule has 0 aromatic rings. The normalized spacial score (nSPS) is 15.5. The summed E-state index contributed by atoms with van der Waals surface area (Å²) in [5, 5.41) is 5.88. The second-order valence-corrected chi connectivity index (χ2v) is 8.77. The Hall–Kier alpha value is -1.18. The van der Waals surface area contributed by atoms with Crippen LogP contribution in [0.5, 0.6) is 0 Å². The van der Waals surface area contributed by atoms with E-state index in [-0.39, 0.29) is 11.8 Å². The first-order valence-corrected chi connectivity index (χ1v) is 12.1. The maximum absolute atomic E-state index is 11.9. The second-order valence-electron chi connectivity index (χ2n) is 8.77. The molecule has 1 rings (SSSR count). The number of unbranched alkanes of at least 4 members (excludes halogenated alkanes) is 3. The Balaban J connectivity index is 1.88. The summed E-state index contributed by atoms with van der Waals surface area (Å²) in [7, 11) is 4.38. The third-order valence-corrected chi connectivity index (χ3v) is 5.81. The molecular weight excluding hydrogens is 378 g/mol. The molecule has 1 saturated heterocycles. The van der Waals surface area contributed by atoms with Crippen LogP contribution in [0.15, 0.2) is 0 Å². The lowest BCUT2D eigenvalue weighted by Gasteiger charge is -2.32. The summed E-state index contributed by atoms with van der Waals surface area (Å²) in [6.07, 6.45) is 8.42. The molecule has 0 unspecified atom stereocenters. The van der Waals surface area contributed by atoms with Crippen molar-refractivity contribution >= 4 is 11.8 Å². The first-order chi connectivity index (χ1) is 14.5. The van der Waals surface area contributed by atoms with Gasteiger partial charge in [-0.1, -0.05) is 19.8 Å². The van der Waals surface area contributed by atoms with E-state index < -0.39 is 0 Å². The Morgan fingerprint density at radius 2 is 1.37 bits per heavy atom. The van der Waals surface area contributed by atoms with E-state index in [1.807, 2.05) is 0 Å². The van der Waals surface area contributed by atoms with Crippen molar-refractivity contribution in [2.45, 2.75) is 64.7 Å². The van der Waals surface area contributed by atoms with Crippen molar-refractivity contribution in [2.75, 3.05) is 73.0 Å². The number of carbonyl (C=O) groups excluding carboxylic acids is 2. The maximum Gasteiger partial charge on any atom is 0.219 e. The summed E-state index contributed by atoms with van der Waals surface area (Å²) in [6.45, 7) is 11.6. The number of rotatable bonds is 17. The lowest BCUT2D eigenvalue weighted by Crippen LogP contribution is -2.45. The largest absolute Gasteiger partial charge is 0.356 e. The maximum atomic E-state index is 11.9. The Kier molecular flexibility index (Phi) is 15.7. The first-order valence-electron chi connectivity index (χ1n) is 12.1. The molecule has 0 aromatic heterocycles. The molecule has 1 fully saturated rings. The van der Waals surface area contributed by atoms with Gasteiger partial charge in [-0.2, -0.15) is 0 Å². The standard InChI is InChI=1S/C23H47N5O2/c1-4-5-6-11-22(29)24-13-9-14-25-23(30)12-7-8-15-26(2)16-10-17-28-20-18-27(3)19-21-28/h4-21H2,1-3H3,(H,24,29)(H,25,30). The van der Waals surface area contributed by atoms with Crippen LogP contribution in [0.4, 0.5) is 0 Å². The minimum Gasteiger partial charge on any atom is -0.356 e. The van der Waals surface area contributed by atoms with E-state index in [1.54, 1.807) is 0 Å². The van der Waals surface area contributed by atoms with Gasteiger partial charge in [0.1, 0.15) is 0 Å². The number of nitrogens with zero attached hydrogens (tertiary/aromatic N) is 3. The molecule has 1 aliphatic heterocycles. The van der Waals surface area contributed by atoms with Gasteiger partial charge in [0.15, 0.2) is 0 Å².